The van der Waals surface area contributed by atoms with Crippen molar-refractivity contribution in [3.8, 4) is 0 Å². The van der Waals surface area contributed by atoms with E-state index >= 15 is 0 Å². The molecule has 1 atom stereocenters. The van der Waals surface area contributed by atoms with E-state index in [0.29, 0.717) is 6.04 Å². The smallest absolute Gasteiger partial charge is 0.154 e. The Morgan fingerprint density at radius 1 is 1.73 bits per heavy atom. The topological polar surface area (TPSA) is 38.4 Å². The number of thioether (sulfide) groups is 1. The maximum absolute atomic E-state index is 5.57. The quantitative estimate of drug-likeness (QED) is 0.731. The zero-order valence-corrected chi connectivity index (χ0v) is 8.38. The molecule has 1 aliphatic heterocycles. The third-order valence-electron chi connectivity index (χ3n) is 1.63. The van der Waals surface area contributed by atoms with Gasteiger partial charge in [0.1, 0.15) is 0 Å². The highest BCUT2D eigenvalue weighted by molar-refractivity contribution is 8.13. The highest BCUT2D eigenvalue weighted by Gasteiger charge is 2.11. The van der Waals surface area contributed by atoms with E-state index in [1.165, 1.54) is 19.3 Å². The molecule has 0 saturated carbocycles. The van der Waals surface area contributed by atoms with Gasteiger partial charge in [0.05, 0.1) is 6.04 Å². The number of nitrogens with two attached hydrogens (primary N) is 1. The molecule has 0 aromatic rings. The normalized spacial score (nSPS) is 23.7. The fourth-order valence-corrected chi connectivity index (χ4v) is 1.95. The van der Waals surface area contributed by atoms with Gasteiger partial charge >= 0.3 is 0 Å². The van der Waals surface area contributed by atoms with Crippen LogP contribution in [0, 0.1) is 0 Å². The lowest BCUT2D eigenvalue weighted by atomic mass is 10.1. The van der Waals surface area contributed by atoms with Crippen LogP contribution in [0.5, 0.6) is 0 Å². The summed E-state index contributed by atoms with van der Waals surface area (Å²) in [6.45, 7) is 2.19. The monoisotopic (exact) mass is 194 g/mol. The average molecular weight is 195 g/mol. The molecule has 11 heavy (non-hydrogen) atoms. The Morgan fingerprint density at radius 3 is 3.00 bits per heavy atom. The largest absolute Gasteiger partial charge is 0.379 e. The Labute approximate surface area is 78.4 Å². The van der Waals surface area contributed by atoms with E-state index in [1.807, 2.05) is 0 Å². The van der Waals surface area contributed by atoms with Gasteiger partial charge < -0.3 is 5.73 Å². The van der Waals surface area contributed by atoms with Crippen molar-refractivity contribution in [2.24, 2.45) is 10.7 Å². The molecule has 0 unspecified atom stereocenters. The zero-order chi connectivity index (χ0) is 7.40. The number of aliphatic imine (C=N–C) groups is 1. The second-order valence-corrected chi connectivity index (χ2v) is 3.66. The number of nitrogens with zero attached hydrogens (tertiary/aromatic N) is 1. The Kier molecular flexibility index (Phi) is 5.78. The number of amidine groups is 1. The Morgan fingerprint density at radius 2 is 2.45 bits per heavy atom. The number of halogens is 1. The molecule has 0 fully saturated rings. The molecule has 4 heteroatoms. The standard InChI is InChI=1S/C7H14N2S.ClH/c1-2-3-6-4-5-10-7(8)9-6;/h6H,2-5H2,1H3,(H2,8,9);1H/t6-;/m1./s1. The summed E-state index contributed by atoms with van der Waals surface area (Å²) >= 11 is 1.68. The van der Waals surface area contributed by atoms with Crippen LogP contribution in [0.2, 0.25) is 0 Å². The van der Waals surface area contributed by atoms with Gasteiger partial charge in [-0.15, -0.1) is 12.4 Å². The fourth-order valence-electron chi connectivity index (χ4n) is 1.12. The van der Waals surface area contributed by atoms with Gasteiger partial charge in [-0.25, -0.2) is 0 Å². The van der Waals surface area contributed by atoms with E-state index in [1.54, 1.807) is 11.8 Å². The van der Waals surface area contributed by atoms with E-state index in [2.05, 4.69) is 11.9 Å². The van der Waals surface area contributed by atoms with Crippen molar-refractivity contribution in [3.05, 3.63) is 0 Å². The summed E-state index contributed by atoms with van der Waals surface area (Å²) in [5.74, 6) is 1.15. The summed E-state index contributed by atoms with van der Waals surface area (Å²) in [6, 6.07) is 0.520. The summed E-state index contributed by atoms with van der Waals surface area (Å²) < 4.78 is 0. The molecule has 2 N–H and O–H groups in total. The SMILES string of the molecule is CCC[C@@H]1CCSC(N)=N1.Cl. The number of rotatable bonds is 2. The van der Waals surface area contributed by atoms with E-state index in [0.717, 1.165) is 10.9 Å². The minimum Gasteiger partial charge on any atom is -0.379 e. The van der Waals surface area contributed by atoms with Crippen LogP contribution in [0.4, 0.5) is 0 Å². The molecular weight excluding hydrogens is 180 g/mol. The van der Waals surface area contributed by atoms with Gasteiger partial charge in [0.25, 0.3) is 0 Å². The Bertz CT molecular complexity index is 138. The van der Waals surface area contributed by atoms with Gasteiger partial charge in [0.15, 0.2) is 5.17 Å². The molecule has 0 saturated heterocycles. The van der Waals surface area contributed by atoms with Crippen molar-refractivity contribution in [1.29, 1.82) is 0 Å². The van der Waals surface area contributed by atoms with Gasteiger partial charge in [-0.1, -0.05) is 25.1 Å². The summed E-state index contributed by atoms with van der Waals surface area (Å²) in [5, 5.41) is 0.782. The summed E-state index contributed by atoms with van der Waals surface area (Å²) in [7, 11) is 0. The molecule has 0 aromatic carbocycles. The summed E-state index contributed by atoms with van der Waals surface area (Å²) in [6.07, 6.45) is 3.62. The van der Waals surface area contributed by atoms with Crippen molar-refractivity contribution in [2.45, 2.75) is 32.2 Å². The molecule has 0 aromatic heterocycles. The molecule has 1 heterocycles. The Hall–Kier alpha value is 0.110. The first-order valence-corrected chi connectivity index (χ1v) is 4.77. The zero-order valence-electron chi connectivity index (χ0n) is 6.75. The van der Waals surface area contributed by atoms with Crippen LogP contribution >= 0.6 is 24.2 Å². The molecule has 0 bridgehead atoms. The second-order valence-electron chi connectivity index (χ2n) is 2.55. The van der Waals surface area contributed by atoms with Crippen molar-refractivity contribution in [2.75, 3.05) is 5.75 Å². The molecule has 1 rings (SSSR count). The van der Waals surface area contributed by atoms with Crippen LogP contribution in [0.3, 0.4) is 0 Å². The van der Waals surface area contributed by atoms with Crippen LogP contribution < -0.4 is 5.73 Å². The molecular formula is C7H15ClN2S. The van der Waals surface area contributed by atoms with Gasteiger partial charge in [-0.05, 0) is 12.8 Å². The molecule has 0 radical (unpaired) electrons. The van der Waals surface area contributed by atoms with Gasteiger partial charge in [-0.3, -0.25) is 4.99 Å². The third-order valence-corrected chi connectivity index (χ3v) is 2.47. The molecule has 0 aliphatic carbocycles. The lowest BCUT2D eigenvalue weighted by Gasteiger charge is -2.16. The molecule has 66 valence electrons. The summed E-state index contributed by atoms with van der Waals surface area (Å²) in [4.78, 5) is 4.33. The lowest BCUT2D eigenvalue weighted by molar-refractivity contribution is 0.591. The first kappa shape index (κ1) is 11.1. The average Bonchev–Trinajstić information content (AvgIpc) is 1.88. The minimum absolute atomic E-state index is 0. The van der Waals surface area contributed by atoms with Crippen LogP contribution in [0.15, 0.2) is 4.99 Å². The van der Waals surface area contributed by atoms with Gasteiger partial charge in [-0.2, -0.15) is 0 Å². The summed E-state index contributed by atoms with van der Waals surface area (Å²) in [5.41, 5.74) is 5.57. The highest BCUT2D eigenvalue weighted by atomic mass is 35.5. The van der Waals surface area contributed by atoms with E-state index in [9.17, 15) is 0 Å². The number of hydrogen-bond donors (Lipinski definition) is 1. The van der Waals surface area contributed by atoms with Crippen molar-refractivity contribution in [3.63, 3.8) is 0 Å². The van der Waals surface area contributed by atoms with Crippen LogP contribution in [0.1, 0.15) is 26.2 Å². The van der Waals surface area contributed by atoms with Crippen molar-refractivity contribution < 1.29 is 0 Å². The van der Waals surface area contributed by atoms with E-state index in [4.69, 9.17) is 5.73 Å². The van der Waals surface area contributed by atoms with E-state index in [-0.39, 0.29) is 12.4 Å². The van der Waals surface area contributed by atoms with Crippen LogP contribution in [-0.4, -0.2) is 17.0 Å². The van der Waals surface area contributed by atoms with Gasteiger partial charge in [0, 0.05) is 5.75 Å². The van der Waals surface area contributed by atoms with Crippen LogP contribution in [-0.2, 0) is 0 Å². The first-order chi connectivity index (χ1) is 4.83. The van der Waals surface area contributed by atoms with E-state index < -0.39 is 0 Å². The third kappa shape index (κ3) is 3.87. The maximum Gasteiger partial charge on any atom is 0.154 e. The minimum atomic E-state index is 0. The molecule has 1 aliphatic rings. The first-order valence-electron chi connectivity index (χ1n) is 3.79. The number of hydrogen-bond acceptors (Lipinski definition) is 3. The molecule has 0 amide bonds. The van der Waals surface area contributed by atoms with Crippen molar-refractivity contribution in [1.82, 2.24) is 0 Å². The second kappa shape index (κ2) is 5.72. The predicted octanol–water partition coefficient (Wildman–Crippen LogP) is 2.03. The molecule has 0 spiro atoms. The predicted molar refractivity (Wildman–Crippen MR) is 54.6 cm³/mol. The molecule has 2 nitrogen and oxygen atoms in total. The van der Waals surface area contributed by atoms with Crippen molar-refractivity contribution >= 4 is 29.3 Å². The fraction of sp³-hybridized carbons (Fsp3) is 0.857. The highest BCUT2D eigenvalue weighted by Crippen LogP contribution is 2.17. The maximum atomic E-state index is 5.57. The lowest BCUT2D eigenvalue weighted by Crippen LogP contribution is -2.19. The van der Waals surface area contributed by atoms with Gasteiger partial charge in [0.2, 0.25) is 0 Å². The van der Waals surface area contributed by atoms with Crippen LogP contribution in [0.25, 0.3) is 0 Å². The Balaban J connectivity index is 0.000001000.